The zero-order valence-corrected chi connectivity index (χ0v) is 15.0. The first-order valence-electron chi connectivity index (χ1n) is 7.82. The quantitative estimate of drug-likeness (QED) is 0.867. The summed E-state index contributed by atoms with van der Waals surface area (Å²) in [6, 6.07) is 0.0567. The van der Waals surface area contributed by atoms with Crippen LogP contribution >= 0.6 is 0 Å². The summed E-state index contributed by atoms with van der Waals surface area (Å²) in [5, 5.41) is 4.66. The molecule has 21 heavy (non-hydrogen) atoms. The molecule has 1 aromatic heterocycles. The van der Waals surface area contributed by atoms with Crippen molar-refractivity contribution in [3.05, 3.63) is 17.5 Å². The number of aryl methyl sites for hydroxylation is 2. The fraction of sp³-hybridized carbons (Fsp3) is 0.812. The minimum absolute atomic E-state index is 0.0567. The zero-order chi connectivity index (χ0) is 15.8. The van der Waals surface area contributed by atoms with Gasteiger partial charge in [-0.2, -0.15) is 5.10 Å². The van der Waals surface area contributed by atoms with Gasteiger partial charge in [0.2, 0.25) is 0 Å². The van der Waals surface area contributed by atoms with Crippen molar-refractivity contribution in [2.45, 2.75) is 71.1 Å². The van der Waals surface area contributed by atoms with E-state index in [0.29, 0.717) is 0 Å². The summed E-state index contributed by atoms with van der Waals surface area (Å²) in [6.07, 6.45) is 6.89. The van der Waals surface area contributed by atoms with Crippen LogP contribution in [0.1, 0.15) is 70.7 Å². The van der Waals surface area contributed by atoms with Crippen molar-refractivity contribution < 1.29 is 4.55 Å². The lowest BCUT2D eigenvalue weighted by molar-refractivity contribution is 0.241. The molecule has 1 aromatic rings. The Bertz CT molecular complexity index is 486. The van der Waals surface area contributed by atoms with Gasteiger partial charge in [0, 0.05) is 24.6 Å². The van der Waals surface area contributed by atoms with Gasteiger partial charge in [-0.3, -0.25) is 4.68 Å². The maximum atomic E-state index is 12.6. The summed E-state index contributed by atoms with van der Waals surface area (Å²) in [6.45, 7) is 10.4. The molecule has 0 spiro atoms. The van der Waals surface area contributed by atoms with E-state index in [-0.39, 0.29) is 16.2 Å². The second-order valence-corrected chi connectivity index (χ2v) is 9.66. The van der Waals surface area contributed by atoms with Gasteiger partial charge >= 0.3 is 0 Å². The van der Waals surface area contributed by atoms with Crippen LogP contribution in [-0.2, 0) is 18.4 Å². The van der Waals surface area contributed by atoms with Crippen LogP contribution in [0.15, 0.2) is 6.20 Å². The first kappa shape index (κ1) is 16.8. The number of nitrogens with one attached hydrogen (secondary N) is 1. The fourth-order valence-corrected chi connectivity index (χ4v) is 4.16. The minimum Gasteiger partial charge on any atom is -0.598 e. The summed E-state index contributed by atoms with van der Waals surface area (Å²) in [5.74, 6) is 0. The molecule has 0 aromatic carbocycles. The van der Waals surface area contributed by atoms with Crippen LogP contribution in [0, 0.1) is 12.3 Å². The average molecular weight is 311 g/mol. The third-order valence-electron chi connectivity index (χ3n) is 4.55. The molecule has 0 radical (unpaired) electrons. The van der Waals surface area contributed by atoms with Gasteiger partial charge in [-0.25, -0.2) is 0 Å². The Morgan fingerprint density at radius 1 is 1.38 bits per heavy atom. The molecule has 4 nitrogen and oxygen atoms in total. The average Bonchev–Trinajstić information content (AvgIpc) is 2.92. The number of hydrogen-bond acceptors (Lipinski definition) is 3. The molecule has 0 aliphatic heterocycles. The third-order valence-corrected chi connectivity index (χ3v) is 6.11. The molecular weight excluding hydrogens is 282 g/mol. The maximum absolute atomic E-state index is 12.6. The topological polar surface area (TPSA) is 52.9 Å². The second-order valence-electron chi connectivity index (χ2n) is 7.66. The molecule has 1 aliphatic rings. The van der Waals surface area contributed by atoms with E-state index in [2.05, 4.69) is 23.7 Å². The lowest BCUT2D eigenvalue weighted by atomic mass is 9.79. The Labute approximate surface area is 132 Å². The molecule has 0 bridgehead atoms. The summed E-state index contributed by atoms with van der Waals surface area (Å²) in [4.78, 5) is 0. The molecule has 5 heteroatoms. The predicted molar refractivity (Wildman–Crippen MR) is 88.3 cm³/mol. The Morgan fingerprint density at radius 2 is 1.95 bits per heavy atom. The van der Waals surface area contributed by atoms with E-state index in [0.717, 1.165) is 5.69 Å². The highest BCUT2D eigenvalue weighted by Gasteiger charge is 2.44. The minimum atomic E-state index is -1.09. The van der Waals surface area contributed by atoms with Crippen LogP contribution in [0.4, 0.5) is 0 Å². The van der Waals surface area contributed by atoms with Gasteiger partial charge in [-0.1, -0.05) is 19.8 Å². The Kier molecular flexibility index (Phi) is 4.76. The van der Waals surface area contributed by atoms with E-state index in [1.807, 2.05) is 38.7 Å². The first-order valence-corrected chi connectivity index (χ1v) is 8.97. The van der Waals surface area contributed by atoms with Crippen LogP contribution in [0.3, 0.4) is 0 Å². The van der Waals surface area contributed by atoms with Crippen molar-refractivity contribution in [1.82, 2.24) is 14.5 Å². The van der Waals surface area contributed by atoms with Crippen molar-refractivity contribution in [2.24, 2.45) is 12.5 Å². The lowest BCUT2D eigenvalue weighted by Crippen LogP contribution is -2.46. The summed E-state index contributed by atoms with van der Waals surface area (Å²) >= 11 is -1.09. The first-order chi connectivity index (χ1) is 9.63. The number of rotatable bonds is 4. The molecule has 2 atom stereocenters. The van der Waals surface area contributed by atoms with Crippen molar-refractivity contribution in [2.75, 3.05) is 0 Å². The maximum Gasteiger partial charge on any atom is 0.136 e. The molecule has 1 heterocycles. The number of hydrogen-bond donors (Lipinski definition) is 1. The van der Waals surface area contributed by atoms with Crippen molar-refractivity contribution >= 4 is 11.4 Å². The van der Waals surface area contributed by atoms with Gasteiger partial charge in [0.05, 0.1) is 5.69 Å². The molecule has 1 N–H and O–H groups in total. The molecule has 2 rings (SSSR count). The summed E-state index contributed by atoms with van der Waals surface area (Å²) in [5.41, 5.74) is 2.37. The Hall–Kier alpha value is -0.520. The van der Waals surface area contributed by atoms with Crippen LogP contribution in [0.2, 0.25) is 0 Å². The van der Waals surface area contributed by atoms with Crippen molar-refractivity contribution in [3.8, 4) is 0 Å². The highest BCUT2D eigenvalue weighted by Crippen LogP contribution is 2.48. The van der Waals surface area contributed by atoms with Gasteiger partial charge in [-0.15, -0.1) is 4.72 Å². The highest BCUT2D eigenvalue weighted by molar-refractivity contribution is 7.90. The van der Waals surface area contributed by atoms with Crippen LogP contribution < -0.4 is 4.72 Å². The number of nitrogens with zero attached hydrogens (tertiary/aromatic N) is 2. The van der Waals surface area contributed by atoms with E-state index in [1.54, 1.807) is 0 Å². The van der Waals surface area contributed by atoms with E-state index in [9.17, 15) is 4.55 Å². The van der Waals surface area contributed by atoms with Gasteiger partial charge in [-0.05, 0) is 51.5 Å². The Morgan fingerprint density at radius 3 is 2.38 bits per heavy atom. The van der Waals surface area contributed by atoms with Crippen molar-refractivity contribution in [1.29, 1.82) is 0 Å². The van der Waals surface area contributed by atoms with E-state index in [1.165, 1.54) is 31.2 Å². The van der Waals surface area contributed by atoms with Gasteiger partial charge in [0.15, 0.2) is 0 Å². The van der Waals surface area contributed by atoms with Gasteiger partial charge < -0.3 is 4.55 Å². The number of aromatic nitrogens is 2. The highest BCUT2D eigenvalue weighted by atomic mass is 32.2. The summed E-state index contributed by atoms with van der Waals surface area (Å²) in [7, 11) is 1.95. The molecule has 1 unspecified atom stereocenters. The van der Waals surface area contributed by atoms with Crippen LogP contribution in [0.5, 0.6) is 0 Å². The molecular formula is C16H29N3OS. The molecule has 120 valence electrons. The molecule has 0 saturated heterocycles. The molecule has 1 aliphatic carbocycles. The smallest absolute Gasteiger partial charge is 0.136 e. The van der Waals surface area contributed by atoms with E-state index in [4.69, 9.17) is 0 Å². The largest absolute Gasteiger partial charge is 0.598 e. The Balaban J connectivity index is 2.33. The fourth-order valence-electron chi connectivity index (χ4n) is 3.19. The van der Waals surface area contributed by atoms with E-state index >= 15 is 0 Å². The second kappa shape index (κ2) is 5.94. The SMILES string of the molecule is Cc1cn(C)nc1C(N[S@@+]([O-])C(C)(C)C)C1(C)CCCC1. The van der Waals surface area contributed by atoms with Crippen molar-refractivity contribution in [3.63, 3.8) is 0 Å². The van der Waals surface area contributed by atoms with Gasteiger partial charge in [0.1, 0.15) is 10.8 Å². The van der Waals surface area contributed by atoms with Crippen LogP contribution in [0.25, 0.3) is 0 Å². The van der Waals surface area contributed by atoms with E-state index < -0.39 is 11.4 Å². The lowest BCUT2D eigenvalue weighted by Gasteiger charge is -2.36. The van der Waals surface area contributed by atoms with Crippen LogP contribution in [-0.4, -0.2) is 19.1 Å². The molecule has 0 amide bonds. The summed E-state index contributed by atoms with van der Waals surface area (Å²) < 4.78 is 17.6. The molecule has 1 fully saturated rings. The normalized spacial score (nSPS) is 21.5. The predicted octanol–water partition coefficient (Wildman–Crippen LogP) is 3.40. The third kappa shape index (κ3) is 3.63. The molecule has 1 saturated carbocycles. The zero-order valence-electron chi connectivity index (χ0n) is 14.2. The van der Waals surface area contributed by atoms with Gasteiger partial charge in [0.25, 0.3) is 0 Å². The monoisotopic (exact) mass is 311 g/mol. The standard InChI is InChI=1S/C16H29N3OS/c1-12-11-19(6)17-13(12)14(16(5)9-7-8-10-16)18-21(20)15(2,3)4/h11,14,18H,7-10H2,1-6H3/t14?,21-/m0/s1.